The molecule has 1 unspecified atom stereocenters. The SMILES string of the molecule is Cc1ccc(NC(C)C(=O)Nc2ccc(F)cc2F)cc1C. The Kier molecular flexibility index (Phi) is 4.75. The Balaban J connectivity index is 2.04. The third-order valence-electron chi connectivity index (χ3n) is 3.47. The lowest BCUT2D eigenvalue weighted by atomic mass is 10.1. The van der Waals surface area contributed by atoms with Crippen molar-refractivity contribution in [3.8, 4) is 0 Å². The molecule has 0 aliphatic rings. The van der Waals surface area contributed by atoms with Gasteiger partial charge in [0.25, 0.3) is 0 Å². The van der Waals surface area contributed by atoms with E-state index in [0.717, 1.165) is 28.9 Å². The lowest BCUT2D eigenvalue weighted by Gasteiger charge is -2.16. The molecule has 0 spiro atoms. The summed E-state index contributed by atoms with van der Waals surface area (Å²) in [6, 6.07) is 8.25. The van der Waals surface area contributed by atoms with Gasteiger partial charge in [-0.1, -0.05) is 6.07 Å². The van der Waals surface area contributed by atoms with Crippen LogP contribution in [0.5, 0.6) is 0 Å². The van der Waals surface area contributed by atoms with Crippen molar-refractivity contribution in [2.24, 2.45) is 0 Å². The minimum Gasteiger partial charge on any atom is -0.374 e. The van der Waals surface area contributed by atoms with Gasteiger partial charge in [0.15, 0.2) is 0 Å². The maximum atomic E-state index is 13.5. The highest BCUT2D eigenvalue weighted by molar-refractivity contribution is 5.96. The third kappa shape index (κ3) is 3.81. The standard InChI is InChI=1S/C17H18F2N2O/c1-10-4-6-14(8-11(10)2)20-12(3)17(22)21-16-7-5-13(18)9-15(16)19/h4-9,12,20H,1-3H3,(H,21,22). The second kappa shape index (κ2) is 6.56. The van der Waals surface area contributed by atoms with Crippen LogP contribution >= 0.6 is 0 Å². The number of carbonyl (C=O) groups excluding carboxylic acids is 1. The molecule has 0 fully saturated rings. The van der Waals surface area contributed by atoms with Crippen molar-refractivity contribution in [3.63, 3.8) is 0 Å². The van der Waals surface area contributed by atoms with E-state index in [1.54, 1.807) is 6.92 Å². The van der Waals surface area contributed by atoms with Crippen molar-refractivity contribution in [1.82, 2.24) is 0 Å². The van der Waals surface area contributed by atoms with Gasteiger partial charge >= 0.3 is 0 Å². The molecule has 22 heavy (non-hydrogen) atoms. The fourth-order valence-electron chi connectivity index (χ4n) is 1.98. The van der Waals surface area contributed by atoms with Crippen LogP contribution < -0.4 is 10.6 Å². The summed E-state index contributed by atoms with van der Waals surface area (Å²) in [6.45, 7) is 5.66. The molecule has 0 radical (unpaired) electrons. The average molecular weight is 304 g/mol. The smallest absolute Gasteiger partial charge is 0.246 e. The van der Waals surface area contributed by atoms with E-state index < -0.39 is 23.6 Å². The zero-order valence-electron chi connectivity index (χ0n) is 12.7. The van der Waals surface area contributed by atoms with Crippen LogP contribution in [0.2, 0.25) is 0 Å². The Hall–Kier alpha value is -2.43. The Bertz CT molecular complexity index is 701. The summed E-state index contributed by atoms with van der Waals surface area (Å²) in [5.41, 5.74) is 3.05. The first-order valence-electron chi connectivity index (χ1n) is 6.96. The molecule has 0 aliphatic carbocycles. The molecule has 0 saturated carbocycles. The zero-order chi connectivity index (χ0) is 16.3. The highest BCUT2D eigenvalue weighted by atomic mass is 19.1. The van der Waals surface area contributed by atoms with Gasteiger partial charge in [0, 0.05) is 11.8 Å². The second-order valence-corrected chi connectivity index (χ2v) is 5.28. The van der Waals surface area contributed by atoms with Crippen LogP contribution in [-0.4, -0.2) is 11.9 Å². The molecule has 1 atom stereocenters. The molecule has 2 aromatic carbocycles. The molecule has 0 aromatic heterocycles. The van der Waals surface area contributed by atoms with Crippen molar-refractivity contribution < 1.29 is 13.6 Å². The molecule has 2 aromatic rings. The number of halogens is 2. The molecular weight excluding hydrogens is 286 g/mol. The molecular formula is C17H18F2N2O. The van der Waals surface area contributed by atoms with E-state index in [-0.39, 0.29) is 5.69 Å². The maximum Gasteiger partial charge on any atom is 0.246 e. The van der Waals surface area contributed by atoms with Gasteiger partial charge in [-0.05, 0) is 56.2 Å². The maximum absolute atomic E-state index is 13.5. The summed E-state index contributed by atoms with van der Waals surface area (Å²) in [4.78, 5) is 12.1. The molecule has 2 rings (SSSR count). The summed E-state index contributed by atoms with van der Waals surface area (Å²) in [7, 11) is 0. The number of benzene rings is 2. The number of hydrogen-bond acceptors (Lipinski definition) is 2. The van der Waals surface area contributed by atoms with E-state index in [0.29, 0.717) is 0 Å². The third-order valence-corrected chi connectivity index (χ3v) is 3.47. The van der Waals surface area contributed by atoms with Crippen LogP contribution in [0, 0.1) is 25.5 Å². The zero-order valence-corrected chi connectivity index (χ0v) is 12.7. The van der Waals surface area contributed by atoms with E-state index in [9.17, 15) is 13.6 Å². The Morgan fingerprint density at radius 2 is 1.77 bits per heavy atom. The molecule has 0 saturated heterocycles. The quantitative estimate of drug-likeness (QED) is 0.895. The number of aryl methyl sites for hydroxylation is 2. The van der Waals surface area contributed by atoms with Gasteiger partial charge in [0.2, 0.25) is 5.91 Å². The summed E-state index contributed by atoms with van der Waals surface area (Å²) in [5, 5.41) is 5.49. The van der Waals surface area contributed by atoms with Crippen LogP contribution in [-0.2, 0) is 4.79 Å². The number of rotatable bonds is 4. The Labute approximate surface area is 128 Å². The minimum absolute atomic E-state index is 0.0415. The second-order valence-electron chi connectivity index (χ2n) is 5.28. The molecule has 2 N–H and O–H groups in total. The highest BCUT2D eigenvalue weighted by Gasteiger charge is 2.15. The summed E-state index contributed by atoms with van der Waals surface area (Å²) in [5.74, 6) is -1.88. The lowest BCUT2D eigenvalue weighted by molar-refractivity contribution is -0.116. The first kappa shape index (κ1) is 15.9. The molecule has 0 heterocycles. The van der Waals surface area contributed by atoms with Crippen LogP contribution in [0.1, 0.15) is 18.1 Å². The number of carbonyl (C=O) groups is 1. The van der Waals surface area contributed by atoms with E-state index in [4.69, 9.17) is 0 Å². The molecule has 3 nitrogen and oxygen atoms in total. The predicted octanol–water partition coefficient (Wildman–Crippen LogP) is 4.02. The van der Waals surface area contributed by atoms with Crippen molar-refractivity contribution in [2.75, 3.05) is 10.6 Å². The van der Waals surface area contributed by atoms with Gasteiger partial charge in [-0.3, -0.25) is 4.79 Å². The molecule has 116 valence electrons. The van der Waals surface area contributed by atoms with Gasteiger partial charge in [-0.2, -0.15) is 0 Å². The van der Waals surface area contributed by atoms with Gasteiger partial charge in [0.1, 0.15) is 17.7 Å². The van der Waals surface area contributed by atoms with Gasteiger partial charge in [0.05, 0.1) is 5.69 Å². The fourth-order valence-corrected chi connectivity index (χ4v) is 1.98. The predicted molar refractivity (Wildman–Crippen MR) is 84.0 cm³/mol. The number of hydrogen-bond donors (Lipinski definition) is 2. The van der Waals surface area contributed by atoms with E-state index >= 15 is 0 Å². The van der Waals surface area contributed by atoms with Crippen LogP contribution in [0.25, 0.3) is 0 Å². The van der Waals surface area contributed by atoms with Crippen LogP contribution in [0.15, 0.2) is 36.4 Å². The molecule has 0 aliphatic heterocycles. The average Bonchev–Trinajstić information content (AvgIpc) is 2.45. The van der Waals surface area contributed by atoms with E-state index in [1.165, 1.54) is 6.07 Å². The summed E-state index contributed by atoms with van der Waals surface area (Å²) >= 11 is 0. The molecule has 5 heteroatoms. The molecule has 0 bridgehead atoms. The largest absolute Gasteiger partial charge is 0.374 e. The fraction of sp³-hybridized carbons (Fsp3) is 0.235. The van der Waals surface area contributed by atoms with Crippen molar-refractivity contribution >= 4 is 17.3 Å². The molecule has 1 amide bonds. The van der Waals surface area contributed by atoms with Crippen LogP contribution in [0.4, 0.5) is 20.2 Å². The summed E-state index contributed by atoms with van der Waals surface area (Å²) in [6.07, 6.45) is 0. The summed E-state index contributed by atoms with van der Waals surface area (Å²) < 4.78 is 26.4. The monoisotopic (exact) mass is 304 g/mol. The Morgan fingerprint density at radius 1 is 1.05 bits per heavy atom. The lowest BCUT2D eigenvalue weighted by Crippen LogP contribution is -2.32. The topological polar surface area (TPSA) is 41.1 Å². The highest BCUT2D eigenvalue weighted by Crippen LogP contribution is 2.17. The number of nitrogens with one attached hydrogen (secondary N) is 2. The van der Waals surface area contributed by atoms with Gasteiger partial charge in [-0.15, -0.1) is 0 Å². The van der Waals surface area contributed by atoms with E-state index in [1.807, 2.05) is 32.0 Å². The van der Waals surface area contributed by atoms with E-state index in [2.05, 4.69) is 10.6 Å². The van der Waals surface area contributed by atoms with Crippen LogP contribution in [0.3, 0.4) is 0 Å². The Morgan fingerprint density at radius 3 is 2.41 bits per heavy atom. The number of anilines is 2. The first-order valence-corrected chi connectivity index (χ1v) is 6.96. The van der Waals surface area contributed by atoms with Crippen molar-refractivity contribution in [1.29, 1.82) is 0 Å². The normalized spacial score (nSPS) is 11.9. The van der Waals surface area contributed by atoms with Gasteiger partial charge in [-0.25, -0.2) is 8.78 Å². The minimum atomic E-state index is -0.799. The number of amides is 1. The first-order chi connectivity index (χ1) is 10.4. The van der Waals surface area contributed by atoms with Crippen molar-refractivity contribution in [2.45, 2.75) is 26.8 Å². The van der Waals surface area contributed by atoms with Crippen molar-refractivity contribution in [3.05, 3.63) is 59.2 Å². The van der Waals surface area contributed by atoms with Gasteiger partial charge < -0.3 is 10.6 Å².